The van der Waals surface area contributed by atoms with E-state index in [0.717, 1.165) is 5.56 Å². The van der Waals surface area contributed by atoms with Crippen LogP contribution in [-0.2, 0) is 6.61 Å². The van der Waals surface area contributed by atoms with Crippen molar-refractivity contribution in [1.29, 1.82) is 0 Å². The SMILES string of the molecule is Cc1ccc(COc2ccccc2/C=N/NC(=O)c2cc(C)[nH]c(=O)n2)cc1. The van der Waals surface area contributed by atoms with E-state index in [1.807, 2.05) is 55.5 Å². The van der Waals surface area contributed by atoms with E-state index < -0.39 is 11.6 Å². The standard InChI is InChI=1S/C21H20N4O3/c1-14-7-9-16(10-8-14)13-28-19-6-4-3-5-17(19)12-22-25-20(26)18-11-15(2)23-21(27)24-18/h3-12H,13H2,1-2H3,(H,25,26)(H,23,24,27)/b22-12+. The van der Waals surface area contributed by atoms with Crippen molar-refractivity contribution >= 4 is 12.1 Å². The molecule has 0 bridgehead atoms. The van der Waals surface area contributed by atoms with Crippen molar-refractivity contribution in [2.75, 3.05) is 0 Å². The number of benzene rings is 2. The molecule has 0 saturated carbocycles. The first kappa shape index (κ1) is 19.0. The Hall–Kier alpha value is -3.74. The molecule has 1 heterocycles. The summed E-state index contributed by atoms with van der Waals surface area (Å²) < 4.78 is 5.87. The highest BCUT2D eigenvalue weighted by atomic mass is 16.5. The van der Waals surface area contributed by atoms with E-state index in [1.54, 1.807) is 6.92 Å². The zero-order valence-corrected chi connectivity index (χ0v) is 15.6. The molecule has 28 heavy (non-hydrogen) atoms. The van der Waals surface area contributed by atoms with Gasteiger partial charge in [0.1, 0.15) is 18.1 Å². The molecular formula is C21H20N4O3. The number of carbonyl (C=O) groups excluding carboxylic acids is 1. The van der Waals surface area contributed by atoms with Crippen LogP contribution in [0.4, 0.5) is 0 Å². The number of ether oxygens (including phenoxy) is 1. The molecule has 0 aliphatic heterocycles. The Labute approximate surface area is 162 Å². The lowest BCUT2D eigenvalue weighted by Crippen LogP contribution is -2.24. The first-order valence-electron chi connectivity index (χ1n) is 8.70. The first-order chi connectivity index (χ1) is 13.5. The fourth-order valence-corrected chi connectivity index (χ4v) is 2.48. The second-order valence-corrected chi connectivity index (χ2v) is 6.27. The molecule has 1 aromatic heterocycles. The van der Waals surface area contributed by atoms with Gasteiger partial charge in [0.05, 0.1) is 6.21 Å². The first-order valence-corrected chi connectivity index (χ1v) is 8.70. The number of rotatable bonds is 6. The quantitative estimate of drug-likeness (QED) is 0.511. The molecular weight excluding hydrogens is 356 g/mol. The summed E-state index contributed by atoms with van der Waals surface area (Å²) >= 11 is 0. The van der Waals surface area contributed by atoms with Gasteiger partial charge >= 0.3 is 5.69 Å². The number of H-pyrrole nitrogens is 1. The molecule has 3 aromatic rings. The maximum atomic E-state index is 12.1. The normalized spacial score (nSPS) is 10.8. The van der Waals surface area contributed by atoms with Gasteiger partial charge in [-0.2, -0.15) is 10.1 Å². The van der Waals surface area contributed by atoms with Crippen LogP contribution in [0.15, 0.2) is 64.5 Å². The number of para-hydroxylation sites is 1. The van der Waals surface area contributed by atoms with Crippen LogP contribution in [-0.4, -0.2) is 22.1 Å². The second kappa shape index (κ2) is 8.77. The lowest BCUT2D eigenvalue weighted by atomic mass is 10.1. The Morgan fingerprint density at radius 3 is 2.68 bits per heavy atom. The lowest BCUT2D eigenvalue weighted by molar-refractivity contribution is 0.0949. The average Bonchev–Trinajstić information content (AvgIpc) is 2.67. The molecule has 0 radical (unpaired) electrons. The van der Waals surface area contributed by atoms with Crippen LogP contribution in [0.1, 0.15) is 32.9 Å². The number of hydrogen-bond acceptors (Lipinski definition) is 5. The fraction of sp³-hybridized carbons (Fsp3) is 0.143. The van der Waals surface area contributed by atoms with Gasteiger partial charge < -0.3 is 9.72 Å². The van der Waals surface area contributed by atoms with Gasteiger partial charge in [-0.1, -0.05) is 42.0 Å². The van der Waals surface area contributed by atoms with Crippen molar-refractivity contribution in [3.63, 3.8) is 0 Å². The minimum atomic E-state index is -0.580. The second-order valence-electron chi connectivity index (χ2n) is 6.27. The van der Waals surface area contributed by atoms with Gasteiger partial charge in [0, 0.05) is 11.3 Å². The molecule has 0 atom stereocenters. The molecule has 142 valence electrons. The van der Waals surface area contributed by atoms with E-state index >= 15 is 0 Å². The van der Waals surface area contributed by atoms with E-state index in [0.29, 0.717) is 23.6 Å². The number of aromatic nitrogens is 2. The third kappa shape index (κ3) is 5.14. The van der Waals surface area contributed by atoms with E-state index in [1.165, 1.54) is 17.8 Å². The summed E-state index contributed by atoms with van der Waals surface area (Å²) in [5, 5.41) is 3.95. The number of amides is 1. The third-order valence-corrected chi connectivity index (χ3v) is 3.92. The summed E-state index contributed by atoms with van der Waals surface area (Å²) in [6.45, 7) is 4.13. The molecule has 0 fully saturated rings. The Kier molecular flexibility index (Phi) is 5.96. The smallest absolute Gasteiger partial charge is 0.345 e. The predicted octanol–water partition coefficient (Wildman–Crippen LogP) is 2.73. The van der Waals surface area contributed by atoms with Gasteiger partial charge in [-0.05, 0) is 37.6 Å². The Morgan fingerprint density at radius 2 is 1.93 bits per heavy atom. The summed E-state index contributed by atoms with van der Waals surface area (Å²) in [5.74, 6) is 0.0784. The van der Waals surface area contributed by atoms with Crippen LogP contribution in [0.2, 0.25) is 0 Å². The van der Waals surface area contributed by atoms with Crippen LogP contribution in [0.5, 0.6) is 5.75 Å². The van der Waals surface area contributed by atoms with Crippen molar-refractivity contribution in [2.45, 2.75) is 20.5 Å². The Morgan fingerprint density at radius 1 is 1.18 bits per heavy atom. The van der Waals surface area contributed by atoms with E-state index in [9.17, 15) is 9.59 Å². The maximum Gasteiger partial charge on any atom is 0.345 e. The molecule has 0 saturated heterocycles. The highest BCUT2D eigenvalue weighted by Crippen LogP contribution is 2.17. The summed E-state index contributed by atoms with van der Waals surface area (Å²) in [7, 11) is 0. The van der Waals surface area contributed by atoms with Crippen LogP contribution >= 0.6 is 0 Å². The maximum absolute atomic E-state index is 12.1. The van der Waals surface area contributed by atoms with Crippen LogP contribution < -0.4 is 15.9 Å². The van der Waals surface area contributed by atoms with Crippen molar-refractivity contribution in [3.8, 4) is 5.75 Å². The van der Waals surface area contributed by atoms with Crippen LogP contribution in [0, 0.1) is 13.8 Å². The molecule has 0 aliphatic carbocycles. The average molecular weight is 376 g/mol. The Balaban J connectivity index is 1.66. The van der Waals surface area contributed by atoms with E-state index in [2.05, 4.69) is 20.5 Å². The summed E-state index contributed by atoms with van der Waals surface area (Å²) in [6, 6.07) is 17.0. The van der Waals surface area contributed by atoms with E-state index in [4.69, 9.17) is 4.74 Å². The van der Waals surface area contributed by atoms with Gasteiger partial charge in [-0.25, -0.2) is 10.2 Å². The monoisotopic (exact) mass is 376 g/mol. The minimum Gasteiger partial charge on any atom is -0.488 e. The highest BCUT2D eigenvalue weighted by Gasteiger charge is 2.08. The molecule has 0 aliphatic rings. The fourth-order valence-electron chi connectivity index (χ4n) is 2.48. The van der Waals surface area contributed by atoms with Crippen LogP contribution in [0.3, 0.4) is 0 Å². The molecule has 3 rings (SSSR count). The molecule has 0 spiro atoms. The van der Waals surface area contributed by atoms with Gasteiger partial charge in [0.25, 0.3) is 5.91 Å². The van der Waals surface area contributed by atoms with Gasteiger partial charge in [-0.15, -0.1) is 0 Å². The third-order valence-electron chi connectivity index (χ3n) is 3.92. The van der Waals surface area contributed by atoms with Crippen molar-refractivity contribution in [1.82, 2.24) is 15.4 Å². The summed E-state index contributed by atoms with van der Waals surface area (Å²) in [5.41, 5.74) is 5.30. The molecule has 2 aromatic carbocycles. The molecule has 7 nitrogen and oxygen atoms in total. The zero-order valence-electron chi connectivity index (χ0n) is 15.6. The van der Waals surface area contributed by atoms with E-state index in [-0.39, 0.29) is 5.69 Å². The molecule has 7 heteroatoms. The molecule has 0 unspecified atom stereocenters. The number of aromatic amines is 1. The number of nitrogens with one attached hydrogen (secondary N) is 2. The lowest BCUT2D eigenvalue weighted by Gasteiger charge is -2.09. The van der Waals surface area contributed by atoms with Crippen LogP contribution in [0.25, 0.3) is 0 Å². The number of hydrogen-bond donors (Lipinski definition) is 2. The van der Waals surface area contributed by atoms with Crippen molar-refractivity contribution < 1.29 is 9.53 Å². The van der Waals surface area contributed by atoms with Gasteiger partial charge in [0.15, 0.2) is 0 Å². The number of carbonyl (C=O) groups is 1. The van der Waals surface area contributed by atoms with Crippen molar-refractivity contribution in [2.24, 2.45) is 5.10 Å². The van der Waals surface area contributed by atoms with Gasteiger partial charge in [-0.3, -0.25) is 4.79 Å². The largest absolute Gasteiger partial charge is 0.488 e. The van der Waals surface area contributed by atoms with Crippen molar-refractivity contribution in [3.05, 3.63) is 93.2 Å². The summed E-state index contributed by atoms with van der Waals surface area (Å²) in [6.07, 6.45) is 1.49. The number of hydrazone groups is 1. The molecule has 1 amide bonds. The minimum absolute atomic E-state index is 0.00214. The Bertz CT molecular complexity index is 1060. The number of aryl methyl sites for hydroxylation is 2. The van der Waals surface area contributed by atoms with Gasteiger partial charge in [0.2, 0.25) is 0 Å². The predicted molar refractivity (Wildman–Crippen MR) is 107 cm³/mol. The molecule has 2 N–H and O–H groups in total. The topological polar surface area (TPSA) is 96.4 Å². The highest BCUT2D eigenvalue weighted by molar-refractivity contribution is 5.93. The zero-order chi connectivity index (χ0) is 19.9. The number of nitrogens with zero attached hydrogens (tertiary/aromatic N) is 2. The summed E-state index contributed by atoms with van der Waals surface area (Å²) in [4.78, 5) is 29.6.